The number of fused-ring (bicyclic) bond motifs is 2. The Morgan fingerprint density at radius 2 is 1.91 bits per heavy atom. The van der Waals surface area contributed by atoms with Crippen LogP contribution in [0.2, 0.25) is 0 Å². The molecule has 0 atom stereocenters. The molecule has 0 saturated carbocycles. The lowest BCUT2D eigenvalue weighted by atomic mass is 9.95. The van der Waals surface area contributed by atoms with Gasteiger partial charge in [0.25, 0.3) is 0 Å². The van der Waals surface area contributed by atoms with Crippen LogP contribution in [0.15, 0.2) is 11.1 Å². The van der Waals surface area contributed by atoms with E-state index in [2.05, 4.69) is 11.4 Å². The van der Waals surface area contributed by atoms with Gasteiger partial charge in [0.05, 0.1) is 18.2 Å². The first-order chi connectivity index (χ1) is 16.1. The number of ether oxygens (including phenoxy) is 1. The summed E-state index contributed by atoms with van der Waals surface area (Å²) in [7, 11) is 1.38. The van der Waals surface area contributed by atoms with Crippen LogP contribution in [0.4, 0.5) is 5.00 Å². The van der Waals surface area contributed by atoms with Gasteiger partial charge in [-0.2, -0.15) is 5.26 Å². The Bertz CT molecular complexity index is 1090. The number of amides is 1. The normalized spacial score (nSPS) is 15.4. The number of esters is 1. The summed E-state index contributed by atoms with van der Waals surface area (Å²) in [5.74, 6) is -0.00156. The third-order valence-electron chi connectivity index (χ3n) is 6.27. The number of carbonyl (C=O) groups excluding carboxylic acids is 2. The van der Waals surface area contributed by atoms with Gasteiger partial charge < -0.3 is 10.1 Å². The maximum Gasteiger partial charge on any atom is 0.341 e. The van der Waals surface area contributed by atoms with Gasteiger partial charge in [0.2, 0.25) is 5.91 Å². The molecule has 2 aliphatic rings. The predicted octanol–water partition coefficient (Wildman–Crippen LogP) is 5.46. The number of nitriles is 1. The van der Waals surface area contributed by atoms with E-state index in [9.17, 15) is 14.9 Å². The third kappa shape index (κ3) is 5.59. The molecule has 2 aromatic rings. The van der Waals surface area contributed by atoms with Crippen molar-refractivity contribution in [3.63, 3.8) is 0 Å². The highest BCUT2D eigenvalue weighted by atomic mass is 32.2. The number of methoxy groups -OCH3 is 1. The van der Waals surface area contributed by atoms with E-state index < -0.39 is 0 Å². The molecule has 2 aromatic heterocycles. The molecule has 1 amide bonds. The summed E-state index contributed by atoms with van der Waals surface area (Å²) in [6, 6.07) is 4.22. The molecule has 1 N–H and O–H groups in total. The van der Waals surface area contributed by atoms with Crippen molar-refractivity contribution in [2.24, 2.45) is 0 Å². The van der Waals surface area contributed by atoms with Gasteiger partial charge in [-0.05, 0) is 68.6 Å². The Morgan fingerprint density at radius 1 is 1.15 bits per heavy atom. The molecular weight excluding hydrogens is 454 g/mol. The molecule has 33 heavy (non-hydrogen) atoms. The zero-order valence-corrected chi connectivity index (χ0v) is 20.6. The second-order valence-corrected chi connectivity index (χ2v) is 10.7. The largest absolute Gasteiger partial charge is 0.465 e. The van der Waals surface area contributed by atoms with Crippen molar-refractivity contribution in [1.29, 1.82) is 5.26 Å². The number of rotatable bonds is 6. The zero-order valence-electron chi connectivity index (χ0n) is 19.0. The average molecular weight is 484 g/mol. The Morgan fingerprint density at radius 3 is 2.70 bits per heavy atom. The zero-order chi connectivity index (χ0) is 23.2. The summed E-state index contributed by atoms with van der Waals surface area (Å²) in [4.78, 5) is 31.2. The van der Waals surface area contributed by atoms with Crippen LogP contribution in [-0.4, -0.2) is 29.7 Å². The summed E-state index contributed by atoms with van der Waals surface area (Å²) >= 11 is 2.96. The number of thioether (sulfide) groups is 1. The van der Waals surface area contributed by atoms with Crippen LogP contribution in [0.1, 0.15) is 82.6 Å². The lowest BCUT2D eigenvalue weighted by Crippen LogP contribution is -2.15. The summed E-state index contributed by atoms with van der Waals surface area (Å²) < 4.78 is 5.04. The van der Waals surface area contributed by atoms with Gasteiger partial charge in [0.15, 0.2) is 0 Å². The van der Waals surface area contributed by atoms with Crippen molar-refractivity contribution in [3.8, 4) is 6.07 Å². The lowest BCUT2D eigenvalue weighted by molar-refractivity contribution is -0.115. The SMILES string of the molecule is COC(=O)c1c(NC(=O)CCSc2nc3c(cc2C#N)CCCC3)sc2c1CCCCCC2. The van der Waals surface area contributed by atoms with Crippen LogP contribution in [0.3, 0.4) is 0 Å². The average Bonchev–Trinajstić information content (AvgIpc) is 3.13. The summed E-state index contributed by atoms with van der Waals surface area (Å²) in [6.07, 6.45) is 10.8. The van der Waals surface area contributed by atoms with Gasteiger partial charge in [-0.3, -0.25) is 4.79 Å². The molecule has 8 heteroatoms. The van der Waals surface area contributed by atoms with Crippen LogP contribution < -0.4 is 5.32 Å². The topological polar surface area (TPSA) is 92.1 Å². The molecule has 2 aliphatic carbocycles. The van der Waals surface area contributed by atoms with Crippen LogP contribution in [0.25, 0.3) is 0 Å². The van der Waals surface area contributed by atoms with Gasteiger partial charge in [0.1, 0.15) is 16.1 Å². The van der Waals surface area contributed by atoms with Gasteiger partial charge in [-0.25, -0.2) is 9.78 Å². The maximum atomic E-state index is 12.7. The van der Waals surface area contributed by atoms with Gasteiger partial charge in [-0.15, -0.1) is 23.1 Å². The molecular formula is C25H29N3O3S2. The first-order valence-electron chi connectivity index (χ1n) is 11.7. The number of nitrogens with one attached hydrogen (secondary N) is 1. The van der Waals surface area contributed by atoms with E-state index in [1.807, 2.05) is 6.07 Å². The lowest BCUT2D eigenvalue weighted by Gasteiger charge is -2.16. The Labute approximate surface area is 203 Å². The highest BCUT2D eigenvalue weighted by Gasteiger charge is 2.26. The van der Waals surface area contributed by atoms with Crippen LogP contribution in [0, 0.1) is 11.3 Å². The van der Waals surface area contributed by atoms with Crippen LogP contribution in [0.5, 0.6) is 0 Å². The number of pyridine rings is 1. The molecule has 0 fully saturated rings. The first kappa shape index (κ1) is 23.8. The quantitative estimate of drug-likeness (QED) is 0.433. The minimum absolute atomic E-state index is 0.140. The molecule has 0 aliphatic heterocycles. The molecule has 0 spiro atoms. The molecule has 0 bridgehead atoms. The van der Waals surface area contributed by atoms with E-state index in [1.54, 1.807) is 0 Å². The number of aryl methyl sites for hydroxylation is 3. The summed E-state index contributed by atoms with van der Waals surface area (Å²) in [5.41, 5.74) is 4.44. The Balaban J connectivity index is 1.43. The highest BCUT2D eigenvalue weighted by Crippen LogP contribution is 2.37. The van der Waals surface area contributed by atoms with Gasteiger partial charge in [0, 0.05) is 22.7 Å². The molecule has 4 rings (SSSR count). The monoisotopic (exact) mass is 483 g/mol. The number of aromatic nitrogens is 1. The number of anilines is 1. The fourth-order valence-electron chi connectivity index (χ4n) is 4.56. The number of thiophene rings is 1. The molecule has 0 unspecified atom stereocenters. The fourth-order valence-corrected chi connectivity index (χ4v) is 6.77. The Hall–Kier alpha value is -2.37. The van der Waals surface area contributed by atoms with E-state index in [0.29, 0.717) is 26.9 Å². The van der Waals surface area contributed by atoms with Crippen molar-refractivity contribution in [2.75, 3.05) is 18.2 Å². The molecule has 0 radical (unpaired) electrons. The van der Waals surface area contributed by atoms with Crippen molar-refractivity contribution in [1.82, 2.24) is 4.98 Å². The van der Waals surface area contributed by atoms with E-state index in [1.165, 1.54) is 47.1 Å². The number of carbonyl (C=O) groups is 2. The van der Waals surface area contributed by atoms with Crippen LogP contribution >= 0.6 is 23.1 Å². The fraction of sp³-hybridized carbons (Fsp3) is 0.520. The molecule has 0 saturated heterocycles. The van der Waals surface area contributed by atoms with Crippen LogP contribution in [-0.2, 0) is 35.2 Å². The van der Waals surface area contributed by atoms with Gasteiger partial charge >= 0.3 is 5.97 Å². The number of nitrogens with zero attached hydrogens (tertiary/aromatic N) is 2. The number of hydrogen-bond donors (Lipinski definition) is 1. The Kier molecular flexibility index (Phi) is 8.05. The second-order valence-electron chi connectivity index (χ2n) is 8.53. The predicted molar refractivity (Wildman–Crippen MR) is 131 cm³/mol. The number of hydrogen-bond acceptors (Lipinski definition) is 7. The third-order valence-corrected chi connectivity index (χ3v) is 8.47. The van der Waals surface area contributed by atoms with E-state index in [4.69, 9.17) is 9.72 Å². The minimum Gasteiger partial charge on any atom is -0.465 e. The van der Waals surface area contributed by atoms with Crippen molar-refractivity contribution >= 4 is 40.0 Å². The first-order valence-corrected chi connectivity index (χ1v) is 13.5. The van der Waals surface area contributed by atoms with Crippen molar-refractivity contribution in [3.05, 3.63) is 38.9 Å². The summed E-state index contributed by atoms with van der Waals surface area (Å²) in [6.45, 7) is 0. The standard InChI is InChI=1S/C25H29N3O3S2/c1-31-25(30)22-18-9-4-2-3-5-11-20(18)33-24(22)28-21(29)12-13-32-23-17(15-26)14-16-8-6-7-10-19(16)27-23/h14H,2-13H2,1H3,(H,28,29). The minimum atomic E-state index is -0.380. The molecule has 2 heterocycles. The molecule has 6 nitrogen and oxygen atoms in total. The smallest absolute Gasteiger partial charge is 0.341 e. The van der Waals surface area contributed by atoms with E-state index in [-0.39, 0.29) is 18.3 Å². The molecule has 0 aromatic carbocycles. The van der Waals surface area contributed by atoms with Crippen molar-refractivity contribution in [2.45, 2.75) is 75.7 Å². The van der Waals surface area contributed by atoms with Crippen molar-refractivity contribution < 1.29 is 14.3 Å². The second kappa shape index (κ2) is 11.2. The maximum absolute atomic E-state index is 12.7. The molecule has 174 valence electrons. The summed E-state index contributed by atoms with van der Waals surface area (Å²) in [5, 5.41) is 13.8. The van der Waals surface area contributed by atoms with Gasteiger partial charge in [-0.1, -0.05) is 12.8 Å². The highest BCUT2D eigenvalue weighted by molar-refractivity contribution is 7.99. The van der Waals surface area contributed by atoms with E-state index >= 15 is 0 Å². The van der Waals surface area contributed by atoms with E-state index in [0.717, 1.165) is 69.0 Å².